The van der Waals surface area contributed by atoms with Gasteiger partial charge in [0.15, 0.2) is 5.03 Å². The SMILES string of the molecule is Cc1cccc(C)c1-c1cc2nc(n1)NS(=O)(=O)c1cccc(n1)C(=O)N(Cc1cccc(NCC(C)(C)C)n1)[C@H](CC(C)(C)C)CO2. The molecule has 1 aliphatic rings. The van der Waals surface area contributed by atoms with Crippen LogP contribution in [0.5, 0.6) is 5.88 Å². The maximum atomic E-state index is 14.4. The number of sulfonamides is 1. The van der Waals surface area contributed by atoms with E-state index in [1.165, 1.54) is 18.2 Å². The minimum Gasteiger partial charge on any atom is -0.475 e. The zero-order valence-electron chi connectivity index (χ0n) is 29.0. The van der Waals surface area contributed by atoms with Crippen molar-refractivity contribution in [3.8, 4) is 17.1 Å². The Balaban J connectivity index is 1.63. The number of nitrogens with zero attached hydrogens (tertiary/aromatic N) is 5. The molecular weight excluding hydrogens is 627 g/mol. The number of fused-ring (bicyclic) bond motifs is 4. The van der Waals surface area contributed by atoms with Gasteiger partial charge in [0.05, 0.1) is 24.0 Å². The van der Waals surface area contributed by atoms with Crippen molar-refractivity contribution in [2.24, 2.45) is 10.8 Å². The summed E-state index contributed by atoms with van der Waals surface area (Å²) in [5, 5.41) is 3.07. The molecule has 12 heteroatoms. The van der Waals surface area contributed by atoms with Gasteiger partial charge in [0.2, 0.25) is 11.8 Å². The number of rotatable bonds is 6. The van der Waals surface area contributed by atoms with E-state index in [-0.39, 0.29) is 46.5 Å². The number of pyridine rings is 2. The van der Waals surface area contributed by atoms with Crippen LogP contribution < -0.4 is 14.8 Å². The van der Waals surface area contributed by atoms with E-state index in [0.717, 1.165) is 23.2 Å². The number of nitrogens with one attached hydrogen (secondary N) is 2. The third kappa shape index (κ3) is 8.66. The fourth-order valence-electron chi connectivity index (χ4n) is 5.60. The second kappa shape index (κ2) is 13.5. The summed E-state index contributed by atoms with van der Waals surface area (Å²) in [6, 6.07) is 17.2. The average Bonchev–Trinajstić information content (AvgIpc) is 2.99. The largest absolute Gasteiger partial charge is 0.475 e. The molecular formula is C36H45N7O4S. The Morgan fingerprint density at radius 1 is 0.875 bits per heavy atom. The molecule has 254 valence electrons. The summed E-state index contributed by atoms with van der Waals surface area (Å²) < 4.78 is 36.1. The molecule has 11 nitrogen and oxygen atoms in total. The Morgan fingerprint density at radius 2 is 1.56 bits per heavy atom. The zero-order chi connectivity index (χ0) is 34.9. The van der Waals surface area contributed by atoms with Gasteiger partial charge in [0.25, 0.3) is 15.9 Å². The lowest BCUT2D eigenvalue weighted by atomic mass is 9.87. The second-order valence-electron chi connectivity index (χ2n) is 14.7. The Labute approximate surface area is 283 Å². The van der Waals surface area contributed by atoms with Crippen LogP contribution in [0.1, 0.15) is 75.3 Å². The summed E-state index contributed by atoms with van der Waals surface area (Å²) in [5.74, 6) is 0.287. The van der Waals surface area contributed by atoms with Crippen molar-refractivity contribution >= 4 is 27.7 Å². The van der Waals surface area contributed by atoms with Gasteiger partial charge in [-0.15, -0.1) is 0 Å². The lowest BCUT2D eigenvalue weighted by Gasteiger charge is -2.35. The average molecular weight is 672 g/mol. The number of carbonyl (C=O) groups is 1. The summed E-state index contributed by atoms with van der Waals surface area (Å²) in [6.45, 7) is 17.6. The van der Waals surface area contributed by atoms with Gasteiger partial charge in [-0.2, -0.15) is 13.4 Å². The van der Waals surface area contributed by atoms with Crippen molar-refractivity contribution in [3.63, 3.8) is 0 Å². The number of ether oxygens (including phenoxy) is 1. The number of amides is 1. The molecule has 0 saturated heterocycles. The molecule has 0 unspecified atom stereocenters. The Hall–Kier alpha value is -4.58. The van der Waals surface area contributed by atoms with Crippen LogP contribution in [0, 0.1) is 24.7 Å². The van der Waals surface area contributed by atoms with Gasteiger partial charge < -0.3 is 15.0 Å². The van der Waals surface area contributed by atoms with E-state index in [0.29, 0.717) is 23.6 Å². The number of hydrogen-bond acceptors (Lipinski definition) is 9. The summed E-state index contributed by atoms with van der Waals surface area (Å²) in [7, 11) is -4.28. The number of anilines is 2. The van der Waals surface area contributed by atoms with E-state index in [9.17, 15) is 13.2 Å². The molecule has 48 heavy (non-hydrogen) atoms. The molecule has 0 saturated carbocycles. The monoisotopic (exact) mass is 671 g/mol. The van der Waals surface area contributed by atoms with Crippen LogP contribution in [0.4, 0.5) is 11.8 Å². The van der Waals surface area contributed by atoms with Crippen LogP contribution in [-0.4, -0.2) is 58.4 Å². The first-order chi connectivity index (χ1) is 22.5. The predicted molar refractivity (Wildman–Crippen MR) is 187 cm³/mol. The molecule has 1 atom stereocenters. The highest BCUT2D eigenvalue weighted by Gasteiger charge is 2.32. The number of aryl methyl sites for hydroxylation is 2. The predicted octanol–water partition coefficient (Wildman–Crippen LogP) is 6.65. The zero-order valence-corrected chi connectivity index (χ0v) is 29.8. The van der Waals surface area contributed by atoms with Crippen molar-refractivity contribution in [1.29, 1.82) is 0 Å². The van der Waals surface area contributed by atoms with Gasteiger partial charge in [-0.1, -0.05) is 71.9 Å². The molecule has 5 rings (SSSR count). The van der Waals surface area contributed by atoms with E-state index in [4.69, 9.17) is 9.72 Å². The van der Waals surface area contributed by atoms with Crippen molar-refractivity contribution < 1.29 is 17.9 Å². The molecule has 0 fully saturated rings. The third-order valence-electron chi connectivity index (χ3n) is 7.80. The number of carbonyl (C=O) groups excluding carboxylic acids is 1. The van der Waals surface area contributed by atoms with Gasteiger partial charge >= 0.3 is 0 Å². The summed E-state index contributed by atoms with van der Waals surface area (Å²) in [5.41, 5.74) is 3.79. The first kappa shape index (κ1) is 34.7. The van der Waals surface area contributed by atoms with E-state index >= 15 is 0 Å². The summed E-state index contributed by atoms with van der Waals surface area (Å²) in [6.07, 6.45) is 0.568. The quantitative estimate of drug-likeness (QED) is 0.231. The van der Waals surface area contributed by atoms with Crippen LogP contribution in [0.15, 0.2) is 65.7 Å². The Kier molecular flexibility index (Phi) is 9.77. The van der Waals surface area contributed by atoms with Crippen molar-refractivity contribution in [1.82, 2.24) is 24.8 Å². The highest BCUT2D eigenvalue weighted by molar-refractivity contribution is 7.92. The summed E-state index contributed by atoms with van der Waals surface area (Å²) in [4.78, 5) is 34.3. The fraction of sp³-hybridized carbons (Fsp3) is 0.417. The highest BCUT2D eigenvalue weighted by atomic mass is 32.2. The van der Waals surface area contributed by atoms with Crippen LogP contribution in [0.2, 0.25) is 0 Å². The summed E-state index contributed by atoms with van der Waals surface area (Å²) >= 11 is 0. The number of benzene rings is 1. The Bertz CT molecular complexity index is 1900. The van der Waals surface area contributed by atoms with E-state index < -0.39 is 22.0 Å². The molecule has 1 aliphatic heterocycles. The normalized spacial score (nSPS) is 16.5. The lowest BCUT2D eigenvalue weighted by Crippen LogP contribution is -2.45. The molecule has 4 aromatic rings. The van der Waals surface area contributed by atoms with Gasteiger partial charge in [0, 0.05) is 18.2 Å². The van der Waals surface area contributed by atoms with Crippen molar-refractivity contribution in [3.05, 3.63) is 83.2 Å². The smallest absolute Gasteiger partial charge is 0.281 e. The van der Waals surface area contributed by atoms with E-state index in [1.807, 2.05) is 50.2 Å². The molecule has 0 spiro atoms. The second-order valence-corrected chi connectivity index (χ2v) is 16.4. The van der Waals surface area contributed by atoms with Gasteiger partial charge in [-0.05, 0) is 66.5 Å². The minimum absolute atomic E-state index is 0.0121. The van der Waals surface area contributed by atoms with Gasteiger partial charge in [0.1, 0.15) is 18.1 Å². The van der Waals surface area contributed by atoms with Crippen molar-refractivity contribution in [2.45, 2.75) is 79.4 Å². The lowest BCUT2D eigenvalue weighted by molar-refractivity contribution is 0.0503. The first-order valence-corrected chi connectivity index (χ1v) is 17.5. The van der Waals surface area contributed by atoms with Crippen LogP contribution in [0.3, 0.4) is 0 Å². The Morgan fingerprint density at radius 3 is 2.25 bits per heavy atom. The fourth-order valence-corrected chi connectivity index (χ4v) is 6.52. The van der Waals surface area contributed by atoms with E-state index in [1.54, 1.807) is 11.0 Å². The van der Waals surface area contributed by atoms with E-state index in [2.05, 4.69) is 66.5 Å². The standard InChI is InChI=1S/C36H45N7O4S/c1-23-12-9-13-24(2)32(23)28-18-30-41-34(40-28)42-48(45,46)31-17-11-15-27(39-31)33(44)43(26(21-47-30)19-35(3,4)5)20-25-14-10-16-29(38-25)37-22-36(6,7)8/h9-18,26H,19-22H2,1-8H3,(H,37,38)(H,40,41,42)/t26-/m1/s1. The third-order valence-corrected chi connectivity index (χ3v) is 9.03. The molecule has 1 aromatic carbocycles. The molecule has 4 bridgehead atoms. The molecule has 0 radical (unpaired) electrons. The maximum absolute atomic E-state index is 14.4. The molecule has 2 N–H and O–H groups in total. The first-order valence-electron chi connectivity index (χ1n) is 16.1. The molecule has 4 heterocycles. The molecule has 3 aromatic heterocycles. The maximum Gasteiger partial charge on any atom is 0.281 e. The number of hydrogen-bond donors (Lipinski definition) is 2. The van der Waals surface area contributed by atoms with Crippen LogP contribution in [0.25, 0.3) is 11.3 Å². The van der Waals surface area contributed by atoms with Gasteiger partial charge in [-0.25, -0.2) is 19.7 Å². The number of aromatic nitrogens is 4. The molecule has 1 amide bonds. The van der Waals surface area contributed by atoms with Gasteiger partial charge in [-0.3, -0.25) is 4.79 Å². The van der Waals surface area contributed by atoms with Crippen LogP contribution >= 0.6 is 0 Å². The highest BCUT2D eigenvalue weighted by Crippen LogP contribution is 2.31. The minimum atomic E-state index is -4.28. The van der Waals surface area contributed by atoms with Crippen LogP contribution in [-0.2, 0) is 16.6 Å². The topological polar surface area (TPSA) is 139 Å². The van der Waals surface area contributed by atoms with Crippen molar-refractivity contribution in [2.75, 3.05) is 23.2 Å². The molecule has 0 aliphatic carbocycles.